The lowest BCUT2D eigenvalue weighted by Crippen LogP contribution is -2.30. The van der Waals surface area contributed by atoms with Crippen LogP contribution in [0.2, 0.25) is 0 Å². The van der Waals surface area contributed by atoms with E-state index in [0.717, 1.165) is 0 Å². The number of aryl methyl sites for hydroxylation is 1. The zero-order valence-electron chi connectivity index (χ0n) is 16.8. The van der Waals surface area contributed by atoms with Gasteiger partial charge in [0.1, 0.15) is 16.3 Å². The molecule has 1 heterocycles. The minimum absolute atomic E-state index is 0.00154. The fourth-order valence-electron chi connectivity index (χ4n) is 2.67. The van der Waals surface area contributed by atoms with Crippen molar-refractivity contribution < 1.29 is 27.5 Å². The van der Waals surface area contributed by atoms with E-state index in [1.54, 1.807) is 38.1 Å². The Kier molecular flexibility index (Phi) is 7.40. The number of nitrogens with zero attached hydrogens (tertiary/aromatic N) is 2. The normalized spacial score (nSPS) is 11.3. The van der Waals surface area contributed by atoms with Crippen molar-refractivity contribution in [3.63, 3.8) is 0 Å². The summed E-state index contributed by atoms with van der Waals surface area (Å²) in [5.74, 6) is -0.666. The van der Waals surface area contributed by atoms with E-state index in [4.69, 9.17) is 9.47 Å². The highest BCUT2D eigenvalue weighted by Gasteiger charge is 2.26. The summed E-state index contributed by atoms with van der Waals surface area (Å²) in [6, 6.07) is 7.92. The van der Waals surface area contributed by atoms with Gasteiger partial charge in [0.25, 0.3) is 5.91 Å². The lowest BCUT2D eigenvalue weighted by molar-refractivity contribution is -0.119. The molecular formula is C19H25N3O6S. The second kappa shape index (κ2) is 9.57. The van der Waals surface area contributed by atoms with Gasteiger partial charge in [-0.2, -0.15) is 4.31 Å². The average Bonchev–Trinajstić information content (AvgIpc) is 3.10. The third-order valence-electron chi connectivity index (χ3n) is 4.24. The number of nitrogens with one attached hydrogen (secondary N) is 1. The van der Waals surface area contributed by atoms with Crippen LogP contribution in [0.15, 0.2) is 41.4 Å². The van der Waals surface area contributed by atoms with Crippen LogP contribution in [0.25, 0.3) is 0 Å². The molecule has 0 spiro atoms. The minimum Gasteiger partial charge on any atom is -0.497 e. The molecule has 1 amide bonds. The van der Waals surface area contributed by atoms with E-state index in [9.17, 15) is 18.0 Å². The molecule has 2 rings (SSSR count). The van der Waals surface area contributed by atoms with Crippen LogP contribution in [0.5, 0.6) is 5.75 Å². The molecule has 1 N–H and O–H groups in total. The molecule has 0 radical (unpaired) electrons. The van der Waals surface area contributed by atoms with E-state index < -0.39 is 28.5 Å². The van der Waals surface area contributed by atoms with Gasteiger partial charge in [-0.15, -0.1) is 0 Å². The Bertz CT molecular complexity index is 962. The average molecular weight is 423 g/mol. The van der Waals surface area contributed by atoms with Gasteiger partial charge in [0.05, 0.1) is 7.11 Å². The van der Waals surface area contributed by atoms with Crippen LogP contribution in [0.4, 0.5) is 5.69 Å². The first-order valence-corrected chi connectivity index (χ1v) is 10.4. The molecule has 9 nitrogen and oxygen atoms in total. The fraction of sp³-hybridized carbons (Fsp3) is 0.368. The second-order valence-corrected chi connectivity index (χ2v) is 8.05. The van der Waals surface area contributed by atoms with Crippen molar-refractivity contribution in [3.05, 3.63) is 42.2 Å². The quantitative estimate of drug-likeness (QED) is 0.617. The lowest BCUT2D eigenvalue weighted by atomic mass is 10.3. The highest BCUT2D eigenvalue weighted by Crippen LogP contribution is 2.19. The molecule has 0 unspecified atom stereocenters. The number of benzene rings is 1. The number of anilines is 1. The number of esters is 1. The predicted molar refractivity (Wildman–Crippen MR) is 107 cm³/mol. The summed E-state index contributed by atoms with van der Waals surface area (Å²) in [7, 11) is -0.625. The number of amides is 1. The second-order valence-electron chi connectivity index (χ2n) is 6.11. The van der Waals surface area contributed by atoms with Gasteiger partial charge in [-0.05, 0) is 30.3 Å². The van der Waals surface area contributed by atoms with Crippen LogP contribution in [0.3, 0.4) is 0 Å². The molecular weight excluding hydrogens is 398 g/mol. The molecule has 0 saturated heterocycles. The Morgan fingerprint density at radius 1 is 1.14 bits per heavy atom. The molecule has 0 bridgehead atoms. The van der Waals surface area contributed by atoms with Crippen molar-refractivity contribution in [2.45, 2.75) is 18.7 Å². The molecule has 1 aromatic heterocycles. The summed E-state index contributed by atoms with van der Waals surface area (Å²) in [5, 5.41) is 2.59. The van der Waals surface area contributed by atoms with Gasteiger partial charge in [0, 0.05) is 32.0 Å². The van der Waals surface area contributed by atoms with Crippen LogP contribution in [0, 0.1) is 0 Å². The van der Waals surface area contributed by atoms with Crippen molar-refractivity contribution in [1.82, 2.24) is 8.87 Å². The van der Waals surface area contributed by atoms with Gasteiger partial charge < -0.3 is 19.4 Å². The maximum absolute atomic E-state index is 12.6. The number of carbonyl (C=O) groups excluding carboxylic acids is 2. The summed E-state index contributed by atoms with van der Waals surface area (Å²) in [6.07, 6.45) is 1.35. The van der Waals surface area contributed by atoms with Crippen LogP contribution in [-0.2, 0) is 26.6 Å². The number of aromatic nitrogens is 1. The highest BCUT2D eigenvalue weighted by atomic mass is 32.2. The molecule has 10 heteroatoms. The molecule has 0 aliphatic heterocycles. The monoisotopic (exact) mass is 423 g/mol. The van der Waals surface area contributed by atoms with Crippen molar-refractivity contribution in [3.8, 4) is 5.75 Å². The standard InChI is InChI=1S/C19H25N3O6S/c1-5-22(6-2)29(25,26)16-11-17(21(3)12-16)19(24)28-13-18(23)20-14-7-9-15(27-4)10-8-14/h7-12H,5-6,13H2,1-4H3,(H,20,23). The fourth-order valence-corrected chi connectivity index (χ4v) is 4.20. The zero-order chi connectivity index (χ0) is 21.6. The van der Waals surface area contributed by atoms with Gasteiger partial charge >= 0.3 is 5.97 Å². The van der Waals surface area contributed by atoms with Crippen molar-refractivity contribution >= 4 is 27.6 Å². The number of methoxy groups -OCH3 is 1. The molecule has 2 aromatic rings. The van der Waals surface area contributed by atoms with E-state index >= 15 is 0 Å². The zero-order valence-corrected chi connectivity index (χ0v) is 17.7. The number of sulfonamides is 1. The summed E-state index contributed by atoms with van der Waals surface area (Å²) in [5.41, 5.74) is 0.561. The maximum atomic E-state index is 12.6. The molecule has 1 aromatic carbocycles. The smallest absolute Gasteiger partial charge is 0.355 e. The molecule has 0 fully saturated rings. The van der Waals surface area contributed by atoms with Crippen LogP contribution in [0.1, 0.15) is 24.3 Å². The first-order chi connectivity index (χ1) is 13.7. The number of ether oxygens (including phenoxy) is 2. The molecule has 0 saturated carbocycles. The number of rotatable bonds is 9. The number of carbonyl (C=O) groups is 2. The Labute approximate surface area is 170 Å². The van der Waals surface area contributed by atoms with E-state index in [0.29, 0.717) is 24.5 Å². The largest absolute Gasteiger partial charge is 0.497 e. The highest BCUT2D eigenvalue weighted by molar-refractivity contribution is 7.89. The van der Waals surface area contributed by atoms with Gasteiger partial charge in [0.15, 0.2) is 6.61 Å². The van der Waals surface area contributed by atoms with E-state index in [1.807, 2.05) is 0 Å². The van der Waals surface area contributed by atoms with Crippen molar-refractivity contribution in [1.29, 1.82) is 0 Å². The Morgan fingerprint density at radius 3 is 2.31 bits per heavy atom. The molecule has 0 aliphatic rings. The van der Waals surface area contributed by atoms with E-state index in [2.05, 4.69) is 5.32 Å². The SMILES string of the molecule is CCN(CC)S(=O)(=O)c1cc(C(=O)OCC(=O)Nc2ccc(OC)cc2)n(C)c1. The van der Waals surface area contributed by atoms with Crippen molar-refractivity contribution in [2.24, 2.45) is 7.05 Å². The number of hydrogen-bond acceptors (Lipinski definition) is 6. The van der Waals surface area contributed by atoms with Gasteiger partial charge in [0.2, 0.25) is 10.0 Å². The molecule has 0 atom stereocenters. The topological polar surface area (TPSA) is 107 Å². The summed E-state index contributed by atoms with van der Waals surface area (Å²) < 4.78 is 37.9. The minimum atomic E-state index is -3.70. The van der Waals surface area contributed by atoms with E-state index in [-0.39, 0.29) is 10.6 Å². The molecule has 158 valence electrons. The Hall–Kier alpha value is -2.85. The molecule has 0 aliphatic carbocycles. The van der Waals surface area contributed by atoms with Gasteiger partial charge in [-0.25, -0.2) is 13.2 Å². The van der Waals surface area contributed by atoms with Gasteiger partial charge in [-0.3, -0.25) is 4.79 Å². The van der Waals surface area contributed by atoms with Crippen LogP contribution in [-0.4, -0.2) is 56.0 Å². The van der Waals surface area contributed by atoms with E-state index in [1.165, 1.54) is 35.3 Å². The van der Waals surface area contributed by atoms with Gasteiger partial charge in [-0.1, -0.05) is 13.8 Å². The number of hydrogen-bond donors (Lipinski definition) is 1. The van der Waals surface area contributed by atoms with Crippen LogP contribution < -0.4 is 10.1 Å². The lowest BCUT2D eigenvalue weighted by Gasteiger charge is -2.17. The van der Waals surface area contributed by atoms with Crippen LogP contribution >= 0.6 is 0 Å². The summed E-state index contributed by atoms with van der Waals surface area (Å²) >= 11 is 0. The maximum Gasteiger partial charge on any atom is 0.355 e. The predicted octanol–water partition coefficient (Wildman–Crippen LogP) is 1.86. The molecule has 29 heavy (non-hydrogen) atoms. The van der Waals surface area contributed by atoms with Crippen molar-refractivity contribution in [2.75, 3.05) is 32.1 Å². The first kappa shape index (κ1) is 22.4. The summed E-state index contributed by atoms with van der Waals surface area (Å²) in [4.78, 5) is 24.3. The Balaban J connectivity index is 2.02. The third kappa shape index (κ3) is 5.36. The summed E-state index contributed by atoms with van der Waals surface area (Å²) in [6.45, 7) is 3.60. The Morgan fingerprint density at radius 2 is 1.76 bits per heavy atom. The third-order valence-corrected chi connectivity index (χ3v) is 6.26. The first-order valence-electron chi connectivity index (χ1n) is 9.00.